The van der Waals surface area contributed by atoms with Crippen molar-refractivity contribution in [2.45, 2.75) is 140 Å². The number of hydrogen-bond donors (Lipinski definition) is 7. The highest BCUT2D eigenvalue weighted by atomic mass is 35.5. The van der Waals surface area contributed by atoms with Crippen molar-refractivity contribution in [3.05, 3.63) is 82.5 Å². The summed E-state index contributed by atoms with van der Waals surface area (Å²) in [5, 5.41) is 43.7. The molecule has 3 aliphatic rings. The number of para-hydroxylation sites is 1. The summed E-state index contributed by atoms with van der Waals surface area (Å²) in [4.78, 5) is 95.7. The van der Waals surface area contributed by atoms with Crippen molar-refractivity contribution in [2.24, 2.45) is 5.92 Å². The second-order valence-electron chi connectivity index (χ2n) is 20.9. The predicted molar refractivity (Wildman–Crippen MR) is 295 cm³/mol. The monoisotopic (exact) mass is 1140 g/mol. The lowest BCUT2D eigenvalue weighted by molar-refractivity contribution is -0.162. The molecule has 4 bridgehead atoms. The number of esters is 1. The number of anilines is 1. The van der Waals surface area contributed by atoms with Crippen LogP contribution in [0, 0.1) is 5.92 Å². The van der Waals surface area contributed by atoms with Crippen LogP contribution in [0.1, 0.15) is 77.5 Å². The second-order valence-corrected chi connectivity index (χ2v) is 21.3. The Labute approximate surface area is 470 Å². The van der Waals surface area contributed by atoms with Crippen LogP contribution in [-0.2, 0) is 67.2 Å². The van der Waals surface area contributed by atoms with Gasteiger partial charge in [0.2, 0.25) is 17.7 Å². The molecule has 2 aromatic carbocycles. The van der Waals surface area contributed by atoms with Crippen molar-refractivity contribution in [2.75, 3.05) is 60.4 Å². The average Bonchev–Trinajstić information content (AvgIpc) is 4.18. The maximum Gasteiger partial charge on any atom is 0.409 e. The van der Waals surface area contributed by atoms with E-state index in [9.17, 15) is 48.9 Å². The number of fused-ring (bicyclic) bond motifs is 6. The molecule has 6 rings (SSSR count). The van der Waals surface area contributed by atoms with Crippen LogP contribution in [0.25, 0.3) is 10.9 Å². The largest absolute Gasteiger partial charge is 0.495 e. The lowest BCUT2D eigenvalue weighted by atomic mass is 9.83. The fourth-order valence-corrected chi connectivity index (χ4v) is 10.3. The van der Waals surface area contributed by atoms with Crippen molar-refractivity contribution in [3.63, 3.8) is 0 Å². The Kier molecular flexibility index (Phi) is 21.5. The van der Waals surface area contributed by atoms with E-state index in [0.29, 0.717) is 30.9 Å². The summed E-state index contributed by atoms with van der Waals surface area (Å²) in [6.07, 6.45) is -4.53. The van der Waals surface area contributed by atoms with Gasteiger partial charge in [0.15, 0.2) is 17.6 Å². The number of aliphatic hydroxyl groups excluding tert-OH is 2. The first-order valence-corrected chi connectivity index (χ1v) is 27.0. The molecule has 0 spiro atoms. The first-order valence-electron chi connectivity index (χ1n) is 26.6. The zero-order valence-corrected chi connectivity index (χ0v) is 47.8. The maximum atomic E-state index is 14.4. The highest BCUT2D eigenvalue weighted by Crippen LogP contribution is 2.49. The van der Waals surface area contributed by atoms with Crippen LogP contribution in [0.5, 0.6) is 5.75 Å². The molecule has 24 heteroatoms. The molecule has 4 heterocycles. The van der Waals surface area contributed by atoms with Crippen molar-refractivity contribution in [1.82, 2.24) is 35.9 Å². The number of halogens is 1. The van der Waals surface area contributed by atoms with Gasteiger partial charge in [-0.2, -0.15) is 0 Å². The second kappa shape index (κ2) is 27.3. The molecule has 3 aliphatic heterocycles. The van der Waals surface area contributed by atoms with Crippen LogP contribution >= 0.6 is 11.6 Å². The van der Waals surface area contributed by atoms with Crippen molar-refractivity contribution < 1.29 is 72.6 Å². The highest BCUT2D eigenvalue weighted by molar-refractivity contribution is 6.35. The van der Waals surface area contributed by atoms with E-state index < -0.39 is 102 Å². The fraction of sp³-hybridized carbons (Fsp3) is 0.554. The number of carbonyl (C=O) groups excluding carboxylic acids is 7. The van der Waals surface area contributed by atoms with Gasteiger partial charge in [-0.15, -0.1) is 0 Å². The van der Waals surface area contributed by atoms with Gasteiger partial charge in [-0.1, -0.05) is 60.5 Å². The van der Waals surface area contributed by atoms with E-state index in [2.05, 4.69) is 32.0 Å². The number of hydrogen-bond acceptors (Lipinski definition) is 17. The molecular weight excluding hydrogens is 1060 g/mol. The van der Waals surface area contributed by atoms with Gasteiger partial charge in [0.1, 0.15) is 46.8 Å². The van der Waals surface area contributed by atoms with E-state index in [0.717, 1.165) is 32.6 Å². The third kappa shape index (κ3) is 15.1. The smallest absolute Gasteiger partial charge is 0.409 e. The number of allylic oxidation sites excluding steroid dienone is 3. The molecule has 80 heavy (non-hydrogen) atoms. The Morgan fingerprint density at radius 3 is 2.44 bits per heavy atom. The number of ketones is 1. The molecule has 7 N–H and O–H groups in total. The van der Waals surface area contributed by atoms with Crippen molar-refractivity contribution >= 4 is 69.7 Å². The number of benzene rings is 2. The molecular formula is C56H77ClN8O15. The minimum Gasteiger partial charge on any atom is -0.495 e. The molecule has 23 nitrogen and oxygen atoms in total. The summed E-state index contributed by atoms with van der Waals surface area (Å²) in [6.45, 7) is 7.46. The molecule has 5 amide bonds. The number of ether oxygens (including phenoxy) is 5. The molecule has 2 saturated heterocycles. The van der Waals surface area contributed by atoms with Gasteiger partial charge in [0.05, 0.1) is 31.9 Å². The number of aliphatic hydroxyl groups is 3. The van der Waals surface area contributed by atoms with Crippen LogP contribution in [0.3, 0.4) is 0 Å². The molecule has 3 aromatic rings. The molecule has 0 saturated carbocycles. The Morgan fingerprint density at radius 2 is 1.74 bits per heavy atom. The third-order valence-electron chi connectivity index (χ3n) is 15.2. The van der Waals surface area contributed by atoms with Gasteiger partial charge in [-0.25, -0.2) is 14.6 Å². The lowest BCUT2D eigenvalue weighted by Gasteiger charge is -2.42. The van der Waals surface area contributed by atoms with E-state index in [4.69, 9.17) is 35.3 Å². The molecule has 2 fully saturated rings. The standard InChI is InChI=1S/C56H77ClN8O15/c1-32-15-13-19-43(77-10)56(75)30-42(78-54(74)61-56)33(2)51-55(4,80-51)44(29-47(69)64(8)39-26-35(25-32)27-41(76-9)48(39)57)79-53(73)34(3)63(7)46(68)20-23-60-52(72)50(71)49(70)40(66)18-14-22-59-45(67)21-24-65-37(31-62(6)58-5)28-36-16-11-12-17-38(36)65/h11-13,15-17,19,26-28,33-34,42-44,49-51,58,70-71,75H,14,18,20-25,29-31H2,1-10H3,(H,59,67)(H,60,72)(H,61,74)/b19-13+,32-15+/t33-,34+,42+,43-,44+,49+,50+,51+,55+,56+/m1/s1. The van der Waals surface area contributed by atoms with Gasteiger partial charge in [0, 0.05) is 90.7 Å². The number of carbonyl (C=O) groups is 7. The topological polar surface area (TPSA) is 292 Å². The number of nitrogens with zero attached hydrogens (tertiary/aromatic N) is 4. The maximum absolute atomic E-state index is 14.4. The van der Waals surface area contributed by atoms with E-state index in [1.54, 1.807) is 38.1 Å². The summed E-state index contributed by atoms with van der Waals surface area (Å²) in [6, 6.07) is 12.2. The van der Waals surface area contributed by atoms with Crippen LogP contribution in [0.2, 0.25) is 5.02 Å². The van der Waals surface area contributed by atoms with Gasteiger partial charge in [0.25, 0.3) is 5.91 Å². The number of hydrazine groups is 1. The van der Waals surface area contributed by atoms with Gasteiger partial charge in [-0.3, -0.25) is 34.7 Å². The quantitative estimate of drug-likeness (QED) is 0.0349. The summed E-state index contributed by atoms with van der Waals surface area (Å²) < 4.78 is 31.4. The van der Waals surface area contributed by atoms with E-state index >= 15 is 0 Å². The first kappa shape index (κ1) is 62.8. The predicted octanol–water partition coefficient (Wildman–Crippen LogP) is 2.82. The Bertz CT molecular complexity index is 2830. The number of nitrogens with one attached hydrogen (secondary N) is 4. The highest BCUT2D eigenvalue weighted by Gasteiger charge is 2.64. The summed E-state index contributed by atoms with van der Waals surface area (Å²) in [7, 11) is 9.43. The summed E-state index contributed by atoms with van der Waals surface area (Å²) >= 11 is 6.80. The van der Waals surface area contributed by atoms with Crippen LogP contribution < -0.4 is 31.0 Å². The number of Topliss-reactive ketones (excluding diaryl/α,β-unsaturated/α-hetero) is 1. The number of methoxy groups -OCH3 is 2. The lowest BCUT2D eigenvalue weighted by Crippen LogP contribution is -2.63. The van der Waals surface area contributed by atoms with Gasteiger partial charge >= 0.3 is 12.1 Å². The summed E-state index contributed by atoms with van der Waals surface area (Å²) in [5.74, 6) is -4.61. The fourth-order valence-electron chi connectivity index (χ4n) is 10.0. The number of likely N-dealkylation sites (N-methyl/N-ethyl adjacent to an activating group) is 1. The minimum absolute atomic E-state index is 0.113. The SMILES string of the molecule is CNN(C)Cc1cc2ccccc2n1CCC(=O)NCCCC(=O)[C@H](O)[C@H](O)C(=O)NCCC(=O)N(C)[C@@H](C)C(=O)O[C@H]1CC(=O)N(C)c2cc(cc(OC)c2Cl)C/C(C)=C/C=C/[C@@H](OC)[C@@]2(O)C[C@H](OC(=O)N2)[C@@H](C)[C@@H]2O[C@@]12C. The van der Waals surface area contributed by atoms with Crippen LogP contribution in [0.4, 0.5) is 10.5 Å². The minimum atomic E-state index is -2.16. The summed E-state index contributed by atoms with van der Waals surface area (Å²) in [5.41, 5.74) is 3.75. The first-order chi connectivity index (χ1) is 37.8. The van der Waals surface area contributed by atoms with Crippen LogP contribution in [-0.4, -0.2) is 181 Å². The Hall–Kier alpha value is -6.44. The molecule has 10 atom stereocenters. The Morgan fingerprint density at radius 1 is 1.01 bits per heavy atom. The number of alkyl carbamates (subject to hydrolysis) is 1. The van der Waals surface area contributed by atoms with Crippen molar-refractivity contribution in [3.8, 4) is 5.75 Å². The average molecular weight is 1140 g/mol. The van der Waals surface area contributed by atoms with Gasteiger partial charge in [-0.05, 0) is 75.9 Å². The van der Waals surface area contributed by atoms with Crippen LogP contribution in [0.15, 0.2) is 66.3 Å². The van der Waals surface area contributed by atoms with Crippen molar-refractivity contribution in [1.29, 1.82) is 0 Å². The number of aromatic nitrogens is 1. The molecule has 0 unspecified atom stereocenters. The van der Waals surface area contributed by atoms with E-state index in [1.165, 1.54) is 40.1 Å². The molecule has 0 radical (unpaired) electrons. The zero-order chi connectivity index (χ0) is 58.8. The normalized spacial score (nSPS) is 25.4. The van der Waals surface area contributed by atoms with E-state index in [-0.39, 0.29) is 56.1 Å². The zero-order valence-electron chi connectivity index (χ0n) is 47.1. The number of epoxide rings is 1. The molecule has 438 valence electrons. The number of amides is 5. The molecule has 1 aromatic heterocycles. The van der Waals surface area contributed by atoms with E-state index in [1.807, 2.05) is 56.4 Å². The van der Waals surface area contributed by atoms with Gasteiger partial charge < -0.3 is 64.0 Å². The third-order valence-corrected chi connectivity index (χ3v) is 15.6. The molecule has 0 aliphatic carbocycles. The Balaban J connectivity index is 1.04. The number of rotatable bonds is 21. The number of aryl methyl sites for hydroxylation is 1.